The molecule has 3 rings (SSSR count). The maximum absolute atomic E-state index is 12.6. The summed E-state index contributed by atoms with van der Waals surface area (Å²) in [6.45, 7) is 2.11. The fourth-order valence-electron chi connectivity index (χ4n) is 2.91. The van der Waals surface area contributed by atoms with Crippen LogP contribution in [0.3, 0.4) is 0 Å². The van der Waals surface area contributed by atoms with Crippen molar-refractivity contribution >= 4 is 34.3 Å². The molecule has 2 N–H and O–H groups in total. The molecule has 156 valence electrons. The molecule has 3 aromatic rings. The van der Waals surface area contributed by atoms with Crippen molar-refractivity contribution in [1.82, 2.24) is 20.2 Å². The molecular weight excluding hydrogens is 408 g/mol. The molecule has 0 unspecified atom stereocenters. The number of halogens is 1. The average Bonchev–Trinajstić information content (AvgIpc) is 2.75. The highest BCUT2D eigenvalue weighted by atomic mass is 35.5. The molecule has 2 amide bonds. The molecule has 1 aromatic heterocycles. The van der Waals surface area contributed by atoms with E-state index in [1.807, 2.05) is 0 Å². The van der Waals surface area contributed by atoms with E-state index in [4.69, 9.17) is 16.3 Å². The SMILES string of the molecule is CCN(Cc1nc2cc(Cl)ccc2c(=O)[nH]1)C(=O)CNC(=O)c1ccc(OC)cc1. The molecule has 1 heterocycles. The van der Waals surface area contributed by atoms with Crippen molar-refractivity contribution in [2.24, 2.45) is 0 Å². The number of likely N-dealkylation sites (N-methyl/N-ethyl adjacent to an activating group) is 1. The summed E-state index contributed by atoms with van der Waals surface area (Å²) in [4.78, 5) is 45.6. The van der Waals surface area contributed by atoms with E-state index < -0.39 is 0 Å². The van der Waals surface area contributed by atoms with Crippen LogP contribution in [0.15, 0.2) is 47.3 Å². The number of carbonyl (C=O) groups is 2. The van der Waals surface area contributed by atoms with Crippen molar-refractivity contribution < 1.29 is 14.3 Å². The number of amides is 2. The van der Waals surface area contributed by atoms with Crippen molar-refractivity contribution in [3.63, 3.8) is 0 Å². The van der Waals surface area contributed by atoms with Gasteiger partial charge in [0.05, 0.1) is 31.1 Å². The fraction of sp³-hybridized carbons (Fsp3) is 0.238. The van der Waals surface area contributed by atoms with E-state index in [2.05, 4.69) is 15.3 Å². The predicted molar refractivity (Wildman–Crippen MR) is 114 cm³/mol. The lowest BCUT2D eigenvalue weighted by Gasteiger charge is -2.20. The third-order valence-electron chi connectivity index (χ3n) is 4.55. The molecule has 0 aliphatic heterocycles. The largest absolute Gasteiger partial charge is 0.497 e. The molecule has 0 bridgehead atoms. The third-order valence-corrected chi connectivity index (χ3v) is 4.78. The van der Waals surface area contributed by atoms with Gasteiger partial charge < -0.3 is 19.9 Å². The minimum absolute atomic E-state index is 0.103. The van der Waals surface area contributed by atoms with Crippen LogP contribution in [0.2, 0.25) is 5.02 Å². The van der Waals surface area contributed by atoms with E-state index in [0.29, 0.717) is 39.6 Å². The number of aromatic nitrogens is 2. The van der Waals surface area contributed by atoms with Crippen LogP contribution >= 0.6 is 11.6 Å². The molecule has 8 nitrogen and oxygen atoms in total. The number of carbonyl (C=O) groups excluding carboxylic acids is 2. The minimum atomic E-state index is -0.367. The normalized spacial score (nSPS) is 10.6. The van der Waals surface area contributed by atoms with E-state index in [1.165, 1.54) is 4.90 Å². The second-order valence-electron chi connectivity index (χ2n) is 6.49. The molecule has 0 spiro atoms. The lowest BCUT2D eigenvalue weighted by atomic mass is 10.2. The number of hydrogen-bond donors (Lipinski definition) is 2. The van der Waals surface area contributed by atoms with Gasteiger partial charge in [-0.25, -0.2) is 4.98 Å². The van der Waals surface area contributed by atoms with Gasteiger partial charge in [-0.2, -0.15) is 0 Å². The summed E-state index contributed by atoms with van der Waals surface area (Å²) < 4.78 is 5.06. The van der Waals surface area contributed by atoms with Gasteiger partial charge in [-0.15, -0.1) is 0 Å². The number of benzene rings is 2. The Morgan fingerprint density at radius 1 is 1.20 bits per heavy atom. The molecule has 2 aromatic carbocycles. The highest BCUT2D eigenvalue weighted by Gasteiger charge is 2.16. The number of aromatic amines is 1. The minimum Gasteiger partial charge on any atom is -0.497 e. The maximum atomic E-state index is 12.6. The number of nitrogens with one attached hydrogen (secondary N) is 2. The first-order chi connectivity index (χ1) is 14.4. The molecule has 0 fully saturated rings. The number of rotatable bonds is 7. The number of fused-ring (bicyclic) bond motifs is 1. The first-order valence-corrected chi connectivity index (χ1v) is 9.67. The topological polar surface area (TPSA) is 104 Å². The van der Waals surface area contributed by atoms with Crippen LogP contribution in [0.1, 0.15) is 23.1 Å². The number of ether oxygens (including phenoxy) is 1. The predicted octanol–water partition coefficient (Wildman–Crippen LogP) is 2.36. The van der Waals surface area contributed by atoms with Crippen LogP contribution in [0.4, 0.5) is 0 Å². The van der Waals surface area contributed by atoms with E-state index in [9.17, 15) is 14.4 Å². The van der Waals surface area contributed by atoms with Crippen molar-refractivity contribution in [3.05, 3.63) is 69.2 Å². The second kappa shape index (κ2) is 9.41. The fourth-order valence-corrected chi connectivity index (χ4v) is 3.07. The molecule has 0 aliphatic carbocycles. The first-order valence-electron chi connectivity index (χ1n) is 9.29. The Bertz CT molecular complexity index is 1130. The van der Waals surface area contributed by atoms with Crippen LogP contribution in [0, 0.1) is 0 Å². The van der Waals surface area contributed by atoms with Gasteiger partial charge >= 0.3 is 0 Å². The highest BCUT2D eigenvalue weighted by molar-refractivity contribution is 6.31. The lowest BCUT2D eigenvalue weighted by molar-refractivity contribution is -0.130. The van der Waals surface area contributed by atoms with Crippen molar-refractivity contribution in [2.45, 2.75) is 13.5 Å². The van der Waals surface area contributed by atoms with Gasteiger partial charge in [-0.1, -0.05) is 11.6 Å². The summed E-state index contributed by atoms with van der Waals surface area (Å²) in [6.07, 6.45) is 0. The van der Waals surface area contributed by atoms with Gasteiger partial charge in [0.2, 0.25) is 5.91 Å². The van der Waals surface area contributed by atoms with Gasteiger partial charge in [0.25, 0.3) is 11.5 Å². The summed E-state index contributed by atoms with van der Waals surface area (Å²) in [5, 5.41) is 3.49. The van der Waals surface area contributed by atoms with Gasteiger partial charge in [0.15, 0.2) is 0 Å². The van der Waals surface area contributed by atoms with Crippen LogP contribution in [0.5, 0.6) is 5.75 Å². The summed E-state index contributed by atoms with van der Waals surface area (Å²) in [5.74, 6) is 0.312. The summed E-state index contributed by atoms with van der Waals surface area (Å²) in [6, 6.07) is 11.4. The standard InChI is InChI=1S/C21H21ClN4O4/c1-3-26(12-18-24-17-10-14(22)6-9-16(17)21(29)25-18)19(27)11-23-20(28)13-4-7-15(30-2)8-5-13/h4-10H,3,11-12H2,1-2H3,(H,23,28)(H,24,25,29). The summed E-state index contributed by atoms with van der Waals surface area (Å²) in [7, 11) is 1.54. The van der Waals surface area contributed by atoms with Crippen LogP contribution in [-0.2, 0) is 11.3 Å². The summed E-state index contributed by atoms with van der Waals surface area (Å²) >= 11 is 5.98. The zero-order valence-corrected chi connectivity index (χ0v) is 17.3. The van der Waals surface area contributed by atoms with E-state index in [0.717, 1.165) is 0 Å². The monoisotopic (exact) mass is 428 g/mol. The zero-order valence-electron chi connectivity index (χ0n) is 16.6. The van der Waals surface area contributed by atoms with E-state index in [1.54, 1.807) is 56.5 Å². The van der Waals surface area contributed by atoms with Crippen molar-refractivity contribution in [2.75, 3.05) is 20.2 Å². The van der Waals surface area contributed by atoms with Gasteiger partial charge in [-0.3, -0.25) is 14.4 Å². The van der Waals surface area contributed by atoms with Crippen molar-refractivity contribution in [1.29, 1.82) is 0 Å². The first kappa shape index (κ1) is 21.3. The smallest absolute Gasteiger partial charge is 0.258 e. The second-order valence-corrected chi connectivity index (χ2v) is 6.93. The van der Waals surface area contributed by atoms with Crippen molar-refractivity contribution in [3.8, 4) is 5.75 Å². The molecule has 0 radical (unpaired) electrons. The summed E-state index contributed by atoms with van der Waals surface area (Å²) in [5.41, 5.74) is 0.574. The van der Waals surface area contributed by atoms with Gasteiger partial charge in [-0.05, 0) is 49.4 Å². The van der Waals surface area contributed by atoms with Crippen LogP contribution in [-0.4, -0.2) is 46.9 Å². The molecule has 0 saturated carbocycles. The number of methoxy groups -OCH3 is 1. The Hall–Kier alpha value is -3.39. The van der Waals surface area contributed by atoms with Gasteiger partial charge in [0, 0.05) is 17.1 Å². The molecular formula is C21H21ClN4O4. The Morgan fingerprint density at radius 3 is 2.60 bits per heavy atom. The molecule has 9 heteroatoms. The lowest BCUT2D eigenvalue weighted by Crippen LogP contribution is -2.40. The quantitative estimate of drug-likeness (QED) is 0.601. The van der Waals surface area contributed by atoms with E-state index >= 15 is 0 Å². The average molecular weight is 429 g/mol. The van der Waals surface area contributed by atoms with E-state index in [-0.39, 0.29) is 30.5 Å². The Morgan fingerprint density at radius 2 is 1.93 bits per heavy atom. The van der Waals surface area contributed by atoms with Crippen LogP contribution < -0.4 is 15.6 Å². The number of H-pyrrole nitrogens is 1. The third kappa shape index (κ3) is 4.96. The Labute approximate surface area is 177 Å². The number of nitrogens with zero attached hydrogens (tertiary/aromatic N) is 2. The molecule has 0 aliphatic rings. The maximum Gasteiger partial charge on any atom is 0.258 e. The zero-order chi connectivity index (χ0) is 21.7. The Balaban J connectivity index is 1.66. The highest BCUT2D eigenvalue weighted by Crippen LogP contribution is 2.15. The van der Waals surface area contributed by atoms with Crippen LogP contribution in [0.25, 0.3) is 10.9 Å². The van der Waals surface area contributed by atoms with Gasteiger partial charge in [0.1, 0.15) is 11.6 Å². The molecule has 30 heavy (non-hydrogen) atoms. The Kier molecular flexibility index (Phi) is 6.68. The number of hydrogen-bond acceptors (Lipinski definition) is 5. The molecule has 0 saturated heterocycles. The molecule has 0 atom stereocenters.